The van der Waals surface area contributed by atoms with E-state index in [0.29, 0.717) is 6.42 Å². The van der Waals surface area contributed by atoms with Crippen LogP contribution < -0.4 is 5.32 Å². The summed E-state index contributed by atoms with van der Waals surface area (Å²) in [6, 6.07) is 13.3. The smallest absolute Gasteiger partial charge is 0.306 e. The largest absolute Gasteiger partial charge is 0.456 e. The molecule has 130 valence electrons. The molecule has 0 heterocycles. The topological polar surface area (TPSA) is 98.5 Å². The molecule has 7 nitrogen and oxygen atoms in total. The van der Waals surface area contributed by atoms with Crippen molar-refractivity contribution < 1.29 is 19.2 Å². The number of benzene rings is 2. The number of nitro groups is 1. The number of aryl methyl sites for hydroxylation is 1. The minimum atomic E-state index is -0.651. The van der Waals surface area contributed by atoms with Gasteiger partial charge < -0.3 is 10.1 Å². The fourth-order valence-corrected chi connectivity index (χ4v) is 2.22. The highest BCUT2D eigenvalue weighted by atomic mass is 35.5. The van der Waals surface area contributed by atoms with Gasteiger partial charge in [-0.15, -0.1) is 0 Å². The van der Waals surface area contributed by atoms with Gasteiger partial charge in [0, 0.05) is 18.2 Å². The van der Waals surface area contributed by atoms with Crippen LogP contribution >= 0.6 is 11.6 Å². The lowest BCUT2D eigenvalue weighted by molar-refractivity contribution is -0.384. The summed E-state index contributed by atoms with van der Waals surface area (Å²) in [5.74, 6) is -1.09. The van der Waals surface area contributed by atoms with E-state index in [2.05, 4.69) is 5.32 Å². The Hall–Kier alpha value is -2.93. The number of hydrogen-bond acceptors (Lipinski definition) is 5. The Morgan fingerprint density at radius 2 is 1.88 bits per heavy atom. The van der Waals surface area contributed by atoms with Gasteiger partial charge in [-0.3, -0.25) is 19.7 Å². The predicted octanol–water partition coefficient (Wildman–Crippen LogP) is 3.36. The molecule has 0 unspecified atom stereocenters. The van der Waals surface area contributed by atoms with E-state index in [1.54, 1.807) is 0 Å². The number of nitrogens with zero attached hydrogens (tertiary/aromatic N) is 1. The highest BCUT2D eigenvalue weighted by Crippen LogP contribution is 2.27. The molecule has 0 spiro atoms. The van der Waals surface area contributed by atoms with Gasteiger partial charge >= 0.3 is 5.97 Å². The standard InChI is InChI=1S/C17H15ClN2O5/c18-14-8-7-13(10-15(14)20(23)24)19-16(21)11-25-17(22)9-6-12-4-2-1-3-5-12/h1-5,7-8,10H,6,9,11H2,(H,19,21). The number of rotatable bonds is 7. The summed E-state index contributed by atoms with van der Waals surface area (Å²) >= 11 is 5.69. The predicted molar refractivity (Wildman–Crippen MR) is 92.5 cm³/mol. The maximum atomic E-state index is 11.8. The van der Waals surface area contributed by atoms with Crippen LogP contribution in [0.3, 0.4) is 0 Å². The van der Waals surface area contributed by atoms with Crippen molar-refractivity contribution in [3.63, 3.8) is 0 Å². The fourth-order valence-electron chi connectivity index (χ4n) is 2.04. The molecule has 1 amide bonds. The van der Waals surface area contributed by atoms with Gasteiger partial charge in [-0.2, -0.15) is 0 Å². The van der Waals surface area contributed by atoms with Crippen molar-refractivity contribution in [3.8, 4) is 0 Å². The summed E-state index contributed by atoms with van der Waals surface area (Å²) in [6.07, 6.45) is 0.675. The van der Waals surface area contributed by atoms with Gasteiger partial charge in [-0.05, 0) is 24.1 Å². The summed E-state index contributed by atoms with van der Waals surface area (Å²) in [6.45, 7) is -0.468. The summed E-state index contributed by atoms with van der Waals surface area (Å²) in [5.41, 5.74) is 0.873. The van der Waals surface area contributed by atoms with Crippen LogP contribution in [0, 0.1) is 10.1 Å². The molecule has 0 aliphatic carbocycles. The number of halogens is 1. The van der Waals surface area contributed by atoms with Crippen LogP contribution in [0.15, 0.2) is 48.5 Å². The van der Waals surface area contributed by atoms with Crippen molar-refractivity contribution in [1.82, 2.24) is 0 Å². The van der Waals surface area contributed by atoms with Crippen molar-refractivity contribution in [3.05, 3.63) is 69.2 Å². The number of ether oxygens (including phenoxy) is 1. The molecule has 0 aliphatic rings. The summed E-state index contributed by atoms with van der Waals surface area (Å²) < 4.78 is 4.89. The second-order valence-corrected chi connectivity index (χ2v) is 5.52. The number of anilines is 1. The van der Waals surface area contributed by atoms with Crippen molar-refractivity contribution in [2.45, 2.75) is 12.8 Å². The molecule has 2 aromatic carbocycles. The van der Waals surface area contributed by atoms with Gasteiger partial charge in [0.15, 0.2) is 6.61 Å². The van der Waals surface area contributed by atoms with Crippen molar-refractivity contribution >= 4 is 34.9 Å². The van der Waals surface area contributed by atoms with Crippen LogP contribution in [0.2, 0.25) is 5.02 Å². The number of carbonyl (C=O) groups excluding carboxylic acids is 2. The molecule has 0 bridgehead atoms. The quantitative estimate of drug-likeness (QED) is 0.462. The zero-order valence-corrected chi connectivity index (χ0v) is 13.9. The molecule has 0 atom stereocenters. The number of amides is 1. The van der Waals surface area contributed by atoms with Gasteiger partial charge in [0.05, 0.1) is 4.92 Å². The minimum Gasteiger partial charge on any atom is -0.456 e. The van der Waals surface area contributed by atoms with Crippen LogP contribution in [0.25, 0.3) is 0 Å². The third-order valence-electron chi connectivity index (χ3n) is 3.25. The molecular formula is C17H15ClN2O5. The zero-order chi connectivity index (χ0) is 18.2. The van der Waals surface area contributed by atoms with E-state index in [1.807, 2.05) is 30.3 Å². The molecule has 8 heteroatoms. The van der Waals surface area contributed by atoms with Gasteiger partial charge in [0.1, 0.15) is 5.02 Å². The molecule has 0 aliphatic heterocycles. The number of nitro benzene ring substituents is 1. The molecule has 0 saturated carbocycles. The second kappa shape index (κ2) is 8.79. The molecular weight excluding hydrogens is 348 g/mol. The Balaban J connectivity index is 1.79. The van der Waals surface area contributed by atoms with Gasteiger partial charge in [-0.25, -0.2) is 0 Å². The van der Waals surface area contributed by atoms with E-state index < -0.39 is 23.4 Å². The first-order valence-corrected chi connectivity index (χ1v) is 7.77. The molecule has 1 N–H and O–H groups in total. The molecule has 2 aromatic rings. The fraction of sp³-hybridized carbons (Fsp3) is 0.176. The minimum absolute atomic E-state index is 0.0321. The summed E-state index contributed by atoms with van der Waals surface area (Å²) in [7, 11) is 0. The molecule has 2 rings (SSSR count). The van der Waals surface area contributed by atoms with Crippen molar-refractivity contribution in [2.24, 2.45) is 0 Å². The third-order valence-corrected chi connectivity index (χ3v) is 3.57. The lowest BCUT2D eigenvalue weighted by Gasteiger charge is -2.07. The number of nitrogens with one attached hydrogen (secondary N) is 1. The van der Waals surface area contributed by atoms with Crippen LogP contribution in [0.1, 0.15) is 12.0 Å². The van der Waals surface area contributed by atoms with E-state index in [4.69, 9.17) is 16.3 Å². The number of carbonyl (C=O) groups is 2. The Labute approximate surface area is 148 Å². The maximum absolute atomic E-state index is 11.8. The highest BCUT2D eigenvalue weighted by Gasteiger charge is 2.14. The molecule has 0 aromatic heterocycles. The number of esters is 1. The zero-order valence-electron chi connectivity index (χ0n) is 13.1. The molecule has 25 heavy (non-hydrogen) atoms. The van der Waals surface area contributed by atoms with E-state index >= 15 is 0 Å². The Kier molecular flexibility index (Phi) is 6.47. The lowest BCUT2D eigenvalue weighted by atomic mass is 10.1. The monoisotopic (exact) mass is 362 g/mol. The van der Waals surface area contributed by atoms with E-state index in [9.17, 15) is 19.7 Å². The summed E-state index contributed by atoms with van der Waals surface area (Å²) in [5, 5.41) is 13.2. The van der Waals surface area contributed by atoms with Crippen LogP contribution in [0.5, 0.6) is 0 Å². The first-order chi connectivity index (χ1) is 12.0. The Morgan fingerprint density at radius 1 is 1.16 bits per heavy atom. The first-order valence-electron chi connectivity index (χ1n) is 7.39. The molecule has 0 saturated heterocycles. The first kappa shape index (κ1) is 18.4. The average Bonchev–Trinajstić information content (AvgIpc) is 2.60. The van der Waals surface area contributed by atoms with Crippen molar-refractivity contribution in [1.29, 1.82) is 0 Å². The van der Waals surface area contributed by atoms with Gasteiger partial charge in [-0.1, -0.05) is 41.9 Å². The van der Waals surface area contributed by atoms with E-state index in [1.165, 1.54) is 12.1 Å². The molecule has 0 fully saturated rings. The van der Waals surface area contributed by atoms with Crippen molar-refractivity contribution in [2.75, 3.05) is 11.9 Å². The Morgan fingerprint density at radius 3 is 2.56 bits per heavy atom. The molecule has 0 radical (unpaired) electrons. The third kappa shape index (κ3) is 5.89. The second-order valence-electron chi connectivity index (χ2n) is 5.12. The van der Waals surface area contributed by atoms with E-state index in [-0.39, 0.29) is 22.8 Å². The van der Waals surface area contributed by atoms with Gasteiger partial charge in [0.2, 0.25) is 0 Å². The highest BCUT2D eigenvalue weighted by molar-refractivity contribution is 6.32. The average molecular weight is 363 g/mol. The normalized spacial score (nSPS) is 10.1. The maximum Gasteiger partial charge on any atom is 0.306 e. The van der Waals surface area contributed by atoms with E-state index in [0.717, 1.165) is 11.6 Å². The van der Waals surface area contributed by atoms with Crippen LogP contribution in [-0.4, -0.2) is 23.4 Å². The Bertz CT molecular complexity index is 780. The summed E-state index contributed by atoms with van der Waals surface area (Å²) in [4.78, 5) is 33.6. The SMILES string of the molecule is O=C(COC(=O)CCc1ccccc1)Nc1ccc(Cl)c([N+](=O)[O-])c1. The lowest BCUT2D eigenvalue weighted by Crippen LogP contribution is -2.21. The van der Waals surface area contributed by atoms with Crippen LogP contribution in [0.4, 0.5) is 11.4 Å². The number of hydrogen-bond donors (Lipinski definition) is 1. The van der Waals surface area contributed by atoms with Crippen LogP contribution in [-0.2, 0) is 20.7 Å². The van der Waals surface area contributed by atoms with Gasteiger partial charge in [0.25, 0.3) is 11.6 Å².